The average molecular weight is 351 g/mol. The van der Waals surface area contributed by atoms with Crippen molar-refractivity contribution in [2.45, 2.75) is 52.2 Å². The summed E-state index contributed by atoms with van der Waals surface area (Å²) < 4.78 is 10.7. The zero-order valence-electron chi connectivity index (χ0n) is 15.6. The van der Waals surface area contributed by atoms with Crippen molar-refractivity contribution in [2.24, 2.45) is 0 Å². The van der Waals surface area contributed by atoms with Crippen LogP contribution in [0.2, 0.25) is 0 Å². The third kappa shape index (κ3) is 6.32. The van der Waals surface area contributed by atoms with Crippen LogP contribution in [0.15, 0.2) is 22.8 Å². The Morgan fingerprint density at radius 3 is 2.44 bits per heavy atom. The molecule has 1 atom stereocenters. The summed E-state index contributed by atoms with van der Waals surface area (Å²) in [6.07, 6.45) is 2.94. The Labute approximate surface area is 149 Å². The van der Waals surface area contributed by atoms with Gasteiger partial charge in [-0.15, -0.1) is 0 Å². The Hall–Kier alpha value is -2.18. The van der Waals surface area contributed by atoms with Gasteiger partial charge in [-0.3, -0.25) is 0 Å². The lowest BCUT2D eigenvalue weighted by Gasteiger charge is -2.36. The van der Waals surface area contributed by atoms with E-state index in [2.05, 4.69) is 5.32 Å². The number of urea groups is 1. The van der Waals surface area contributed by atoms with Gasteiger partial charge in [0.1, 0.15) is 11.4 Å². The molecule has 1 aliphatic rings. The normalized spacial score (nSPS) is 16.5. The molecule has 1 aliphatic heterocycles. The molecule has 25 heavy (non-hydrogen) atoms. The van der Waals surface area contributed by atoms with Crippen LogP contribution < -0.4 is 5.32 Å². The van der Waals surface area contributed by atoms with Gasteiger partial charge in [0.2, 0.25) is 0 Å². The number of furan rings is 1. The highest BCUT2D eigenvalue weighted by Crippen LogP contribution is 2.12. The van der Waals surface area contributed by atoms with Gasteiger partial charge < -0.3 is 24.3 Å². The molecule has 2 rings (SSSR count). The van der Waals surface area contributed by atoms with Gasteiger partial charge in [0, 0.05) is 38.6 Å². The second kappa shape index (κ2) is 8.27. The van der Waals surface area contributed by atoms with Crippen LogP contribution in [0.3, 0.4) is 0 Å². The van der Waals surface area contributed by atoms with Crippen LogP contribution in [-0.4, -0.2) is 59.7 Å². The standard InChI is InChI=1S/C18H29N3O4/c1-14(7-8-15-6-5-13-24-15)19-16(22)20-9-11-21(12-10-20)17(23)25-18(2,3)4/h5-6,13-14H,7-12H2,1-4H3,(H,19,22). The molecule has 3 amide bonds. The fraction of sp³-hybridized carbons (Fsp3) is 0.667. The molecule has 1 aromatic heterocycles. The van der Waals surface area contributed by atoms with E-state index < -0.39 is 5.60 Å². The smallest absolute Gasteiger partial charge is 0.410 e. The van der Waals surface area contributed by atoms with Crippen molar-refractivity contribution in [3.63, 3.8) is 0 Å². The van der Waals surface area contributed by atoms with E-state index in [1.54, 1.807) is 16.1 Å². The number of amides is 3. The number of nitrogens with one attached hydrogen (secondary N) is 1. The van der Waals surface area contributed by atoms with Gasteiger partial charge in [0.25, 0.3) is 0 Å². The van der Waals surface area contributed by atoms with Crippen molar-refractivity contribution in [1.82, 2.24) is 15.1 Å². The predicted octanol–water partition coefficient (Wildman–Crippen LogP) is 2.86. The first-order valence-corrected chi connectivity index (χ1v) is 8.80. The first-order chi connectivity index (χ1) is 11.7. The van der Waals surface area contributed by atoms with Crippen LogP contribution in [0.5, 0.6) is 0 Å². The molecule has 1 N–H and O–H groups in total. The van der Waals surface area contributed by atoms with Gasteiger partial charge in [-0.1, -0.05) is 0 Å². The molecule has 1 fully saturated rings. The third-order valence-corrected chi connectivity index (χ3v) is 3.99. The summed E-state index contributed by atoms with van der Waals surface area (Å²) in [6, 6.07) is 3.77. The summed E-state index contributed by atoms with van der Waals surface area (Å²) in [5.74, 6) is 0.923. The van der Waals surface area contributed by atoms with E-state index in [1.807, 2.05) is 39.8 Å². The maximum absolute atomic E-state index is 12.3. The summed E-state index contributed by atoms with van der Waals surface area (Å²) in [4.78, 5) is 27.8. The lowest BCUT2D eigenvalue weighted by molar-refractivity contribution is 0.0169. The molecule has 0 aliphatic carbocycles. The molecule has 140 valence electrons. The number of ether oxygens (including phenoxy) is 1. The highest BCUT2D eigenvalue weighted by molar-refractivity contribution is 5.75. The number of hydrogen-bond acceptors (Lipinski definition) is 4. The number of rotatable bonds is 4. The van der Waals surface area contributed by atoms with Crippen LogP contribution in [-0.2, 0) is 11.2 Å². The van der Waals surface area contributed by atoms with Crippen molar-refractivity contribution >= 4 is 12.1 Å². The number of nitrogens with zero attached hydrogens (tertiary/aromatic N) is 2. The van der Waals surface area contributed by atoms with E-state index >= 15 is 0 Å². The molecule has 1 saturated heterocycles. The van der Waals surface area contributed by atoms with Crippen molar-refractivity contribution < 1.29 is 18.7 Å². The van der Waals surface area contributed by atoms with Crippen LogP contribution >= 0.6 is 0 Å². The molecule has 1 aromatic rings. The van der Waals surface area contributed by atoms with Gasteiger partial charge in [0.05, 0.1) is 6.26 Å². The summed E-state index contributed by atoms with van der Waals surface area (Å²) in [5.41, 5.74) is -0.505. The van der Waals surface area contributed by atoms with E-state index in [0.717, 1.165) is 18.6 Å². The van der Waals surface area contributed by atoms with Gasteiger partial charge >= 0.3 is 12.1 Å². The first-order valence-electron chi connectivity index (χ1n) is 8.80. The van der Waals surface area contributed by atoms with E-state index in [0.29, 0.717) is 26.2 Å². The number of carbonyl (C=O) groups excluding carboxylic acids is 2. The fourth-order valence-corrected chi connectivity index (χ4v) is 2.61. The van der Waals surface area contributed by atoms with Gasteiger partial charge in [0.15, 0.2) is 0 Å². The zero-order valence-corrected chi connectivity index (χ0v) is 15.6. The quantitative estimate of drug-likeness (QED) is 0.905. The minimum atomic E-state index is -0.505. The summed E-state index contributed by atoms with van der Waals surface area (Å²) in [7, 11) is 0. The van der Waals surface area contributed by atoms with Gasteiger partial charge in [-0.05, 0) is 46.2 Å². The molecule has 0 aromatic carbocycles. The molecule has 0 bridgehead atoms. The predicted molar refractivity (Wildman–Crippen MR) is 94.4 cm³/mol. The average Bonchev–Trinajstić information content (AvgIpc) is 3.05. The monoisotopic (exact) mass is 351 g/mol. The van der Waals surface area contributed by atoms with Crippen LogP contribution in [0.25, 0.3) is 0 Å². The van der Waals surface area contributed by atoms with Crippen molar-refractivity contribution in [1.29, 1.82) is 0 Å². The van der Waals surface area contributed by atoms with E-state index in [9.17, 15) is 9.59 Å². The van der Waals surface area contributed by atoms with E-state index in [-0.39, 0.29) is 18.2 Å². The topological polar surface area (TPSA) is 75.0 Å². The van der Waals surface area contributed by atoms with Gasteiger partial charge in [-0.2, -0.15) is 0 Å². The highest BCUT2D eigenvalue weighted by Gasteiger charge is 2.27. The number of carbonyl (C=O) groups is 2. The second-order valence-electron chi connectivity index (χ2n) is 7.42. The SMILES string of the molecule is CC(CCc1ccco1)NC(=O)N1CCN(C(=O)OC(C)(C)C)CC1. The minimum absolute atomic E-state index is 0.0569. The molecular formula is C18H29N3O4. The number of aryl methyl sites for hydroxylation is 1. The Morgan fingerprint density at radius 1 is 1.24 bits per heavy atom. The maximum atomic E-state index is 12.3. The lowest BCUT2D eigenvalue weighted by Crippen LogP contribution is -2.54. The van der Waals surface area contributed by atoms with E-state index in [1.165, 1.54) is 0 Å². The molecular weight excluding hydrogens is 322 g/mol. The van der Waals surface area contributed by atoms with Crippen LogP contribution in [0.1, 0.15) is 39.9 Å². The van der Waals surface area contributed by atoms with Crippen molar-refractivity contribution in [3.05, 3.63) is 24.2 Å². The van der Waals surface area contributed by atoms with Crippen molar-refractivity contribution in [2.75, 3.05) is 26.2 Å². The Morgan fingerprint density at radius 2 is 1.88 bits per heavy atom. The Bertz CT molecular complexity index is 557. The number of hydrogen-bond donors (Lipinski definition) is 1. The van der Waals surface area contributed by atoms with E-state index in [4.69, 9.17) is 9.15 Å². The fourth-order valence-electron chi connectivity index (χ4n) is 2.61. The minimum Gasteiger partial charge on any atom is -0.469 e. The Balaban J connectivity index is 1.70. The van der Waals surface area contributed by atoms with Crippen molar-refractivity contribution in [3.8, 4) is 0 Å². The molecule has 0 spiro atoms. The zero-order chi connectivity index (χ0) is 18.4. The number of piperazine rings is 1. The summed E-state index contributed by atoms with van der Waals surface area (Å²) in [5, 5.41) is 3.00. The summed E-state index contributed by atoms with van der Waals surface area (Å²) in [6.45, 7) is 9.52. The molecule has 0 radical (unpaired) electrons. The largest absolute Gasteiger partial charge is 0.469 e. The van der Waals surface area contributed by atoms with Gasteiger partial charge in [-0.25, -0.2) is 9.59 Å². The molecule has 1 unspecified atom stereocenters. The molecule has 7 heteroatoms. The first kappa shape index (κ1) is 19.1. The highest BCUT2D eigenvalue weighted by atomic mass is 16.6. The summed E-state index contributed by atoms with van der Waals surface area (Å²) >= 11 is 0. The Kier molecular flexibility index (Phi) is 6.33. The molecule has 2 heterocycles. The molecule has 7 nitrogen and oxygen atoms in total. The van der Waals surface area contributed by atoms with Crippen LogP contribution in [0, 0.1) is 0 Å². The molecule has 0 saturated carbocycles. The maximum Gasteiger partial charge on any atom is 0.410 e. The lowest BCUT2D eigenvalue weighted by atomic mass is 10.1. The second-order valence-corrected chi connectivity index (χ2v) is 7.42. The van der Waals surface area contributed by atoms with Crippen LogP contribution in [0.4, 0.5) is 9.59 Å². The third-order valence-electron chi connectivity index (χ3n) is 3.99.